The molecule has 0 bridgehead atoms. The Morgan fingerprint density at radius 3 is 2.32 bits per heavy atom. The second kappa shape index (κ2) is 14.5. The van der Waals surface area contributed by atoms with Crippen LogP contribution in [0.5, 0.6) is 5.75 Å². The molecule has 4 rings (SSSR count). The Morgan fingerprint density at radius 1 is 0.829 bits per heavy atom. The lowest BCUT2D eigenvalue weighted by Crippen LogP contribution is -2.30. The van der Waals surface area contributed by atoms with Gasteiger partial charge in [-0.2, -0.15) is 0 Å². The van der Waals surface area contributed by atoms with Crippen molar-refractivity contribution < 1.29 is 19.1 Å². The van der Waals surface area contributed by atoms with Gasteiger partial charge in [0.15, 0.2) is 0 Å². The number of carbonyl (C=O) groups is 3. The van der Waals surface area contributed by atoms with Gasteiger partial charge in [0.1, 0.15) is 11.4 Å². The minimum absolute atomic E-state index is 0.105. The second-order valence-corrected chi connectivity index (χ2v) is 10.1. The Labute approximate surface area is 244 Å². The van der Waals surface area contributed by atoms with Gasteiger partial charge in [0.05, 0.1) is 18.0 Å². The van der Waals surface area contributed by atoms with E-state index in [0.717, 1.165) is 16.0 Å². The zero-order chi connectivity index (χ0) is 29.0. The highest BCUT2D eigenvalue weighted by atomic mass is 32.2. The number of nitrogens with one attached hydrogen (secondary N) is 3. The number of ether oxygens (including phenoxy) is 1. The van der Waals surface area contributed by atoms with Crippen LogP contribution < -0.4 is 20.7 Å². The maximum atomic E-state index is 13.3. The van der Waals surface area contributed by atoms with E-state index in [1.807, 2.05) is 68.4 Å². The molecule has 8 heteroatoms. The minimum Gasteiger partial charge on any atom is -0.492 e. The Morgan fingerprint density at radius 2 is 1.56 bits per heavy atom. The SMILES string of the molecule is CCOc1ccccc1NC(=O)CSc1cccc(NC(=O)/C(=C\c2ccc(C)cc2)NC(=O)c2ccccc2)c1. The van der Waals surface area contributed by atoms with E-state index in [0.29, 0.717) is 29.3 Å². The van der Waals surface area contributed by atoms with Crippen molar-refractivity contribution in [3.8, 4) is 5.75 Å². The van der Waals surface area contributed by atoms with Gasteiger partial charge in [0.2, 0.25) is 5.91 Å². The van der Waals surface area contributed by atoms with Crippen molar-refractivity contribution in [1.29, 1.82) is 0 Å². The van der Waals surface area contributed by atoms with Crippen LogP contribution in [0.15, 0.2) is 114 Å². The van der Waals surface area contributed by atoms with Crippen LogP contribution in [0.4, 0.5) is 11.4 Å². The fraction of sp³-hybridized carbons (Fsp3) is 0.121. The van der Waals surface area contributed by atoms with E-state index >= 15 is 0 Å². The summed E-state index contributed by atoms with van der Waals surface area (Å²) in [6.07, 6.45) is 1.64. The summed E-state index contributed by atoms with van der Waals surface area (Å²) in [5.41, 5.74) is 3.55. The Hall–Kier alpha value is -4.82. The smallest absolute Gasteiger partial charge is 0.272 e. The molecule has 4 aromatic rings. The Balaban J connectivity index is 1.44. The Bertz CT molecular complexity index is 1540. The number of aryl methyl sites for hydroxylation is 1. The van der Waals surface area contributed by atoms with Crippen LogP contribution in [0.2, 0.25) is 0 Å². The van der Waals surface area contributed by atoms with Crippen molar-refractivity contribution in [2.24, 2.45) is 0 Å². The molecule has 41 heavy (non-hydrogen) atoms. The lowest BCUT2D eigenvalue weighted by atomic mass is 10.1. The second-order valence-electron chi connectivity index (χ2n) is 9.04. The first-order chi connectivity index (χ1) is 19.9. The number of hydrogen-bond donors (Lipinski definition) is 3. The number of hydrogen-bond acceptors (Lipinski definition) is 5. The third-order valence-electron chi connectivity index (χ3n) is 5.84. The fourth-order valence-corrected chi connectivity index (χ4v) is 4.58. The molecule has 0 aliphatic heterocycles. The highest BCUT2D eigenvalue weighted by Gasteiger charge is 2.16. The zero-order valence-electron chi connectivity index (χ0n) is 22.8. The molecule has 7 nitrogen and oxygen atoms in total. The normalized spacial score (nSPS) is 10.9. The predicted octanol–water partition coefficient (Wildman–Crippen LogP) is 6.53. The summed E-state index contributed by atoms with van der Waals surface area (Å²) < 4.78 is 5.57. The first kappa shape index (κ1) is 29.2. The summed E-state index contributed by atoms with van der Waals surface area (Å²) in [5, 5.41) is 8.50. The third-order valence-corrected chi connectivity index (χ3v) is 6.83. The standard InChI is InChI=1S/C33H31N3O4S/c1-3-40-30-15-8-7-14-28(30)35-31(37)22-41-27-13-9-12-26(21-27)34-33(39)29(20-24-18-16-23(2)17-19-24)36-32(38)25-10-5-4-6-11-25/h4-21H,3,22H2,1-2H3,(H,34,39)(H,35,37)(H,36,38)/b29-20+. The zero-order valence-corrected chi connectivity index (χ0v) is 23.7. The number of carbonyl (C=O) groups excluding carboxylic acids is 3. The molecule has 0 atom stereocenters. The number of anilines is 2. The molecule has 3 N–H and O–H groups in total. The van der Waals surface area contributed by atoms with E-state index in [9.17, 15) is 14.4 Å². The average Bonchev–Trinajstić information content (AvgIpc) is 2.98. The molecule has 0 aliphatic rings. The average molecular weight is 566 g/mol. The molecule has 0 aliphatic carbocycles. The van der Waals surface area contributed by atoms with Gasteiger partial charge >= 0.3 is 0 Å². The molecule has 0 spiro atoms. The Kier molecular flexibility index (Phi) is 10.3. The molecule has 0 unspecified atom stereocenters. The lowest BCUT2D eigenvalue weighted by molar-refractivity contribution is -0.114. The quantitative estimate of drug-likeness (QED) is 0.142. The molecule has 3 amide bonds. The van der Waals surface area contributed by atoms with Gasteiger partial charge in [-0.15, -0.1) is 11.8 Å². The highest BCUT2D eigenvalue weighted by Crippen LogP contribution is 2.26. The van der Waals surface area contributed by atoms with Crippen LogP contribution in [0.1, 0.15) is 28.4 Å². The van der Waals surface area contributed by atoms with Crippen LogP contribution in [-0.2, 0) is 9.59 Å². The van der Waals surface area contributed by atoms with Crippen molar-refractivity contribution >= 4 is 46.9 Å². The summed E-state index contributed by atoms with van der Waals surface area (Å²) in [5.74, 6) is -0.248. The van der Waals surface area contributed by atoms with E-state index in [2.05, 4.69) is 16.0 Å². The molecule has 0 aromatic heterocycles. The largest absolute Gasteiger partial charge is 0.492 e. The maximum absolute atomic E-state index is 13.3. The number of para-hydroxylation sites is 2. The molecule has 4 aromatic carbocycles. The molecular formula is C33H31N3O4S. The van der Waals surface area contributed by atoms with E-state index in [4.69, 9.17) is 4.74 Å². The van der Waals surface area contributed by atoms with Gasteiger partial charge in [-0.1, -0.05) is 66.2 Å². The summed E-state index contributed by atoms with van der Waals surface area (Å²) in [6, 6.07) is 30.8. The highest BCUT2D eigenvalue weighted by molar-refractivity contribution is 8.00. The fourth-order valence-electron chi connectivity index (χ4n) is 3.82. The van der Waals surface area contributed by atoms with Crippen molar-refractivity contribution in [2.45, 2.75) is 18.7 Å². The molecule has 0 heterocycles. The minimum atomic E-state index is -0.470. The summed E-state index contributed by atoms with van der Waals surface area (Å²) >= 11 is 1.34. The van der Waals surface area contributed by atoms with Crippen LogP contribution >= 0.6 is 11.8 Å². The van der Waals surface area contributed by atoms with E-state index < -0.39 is 5.91 Å². The maximum Gasteiger partial charge on any atom is 0.272 e. The molecule has 0 saturated carbocycles. The molecule has 208 valence electrons. The van der Waals surface area contributed by atoms with Crippen LogP contribution in [0.25, 0.3) is 6.08 Å². The molecule has 0 radical (unpaired) electrons. The monoisotopic (exact) mass is 565 g/mol. The van der Waals surface area contributed by atoms with Crippen LogP contribution in [-0.4, -0.2) is 30.1 Å². The van der Waals surface area contributed by atoms with Crippen molar-refractivity contribution in [1.82, 2.24) is 5.32 Å². The van der Waals surface area contributed by atoms with Crippen molar-refractivity contribution in [3.63, 3.8) is 0 Å². The van der Waals surface area contributed by atoms with Crippen molar-refractivity contribution in [3.05, 3.63) is 126 Å². The first-order valence-electron chi connectivity index (χ1n) is 13.1. The lowest BCUT2D eigenvalue weighted by Gasteiger charge is -2.13. The summed E-state index contributed by atoms with van der Waals surface area (Å²) in [7, 11) is 0. The van der Waals surface area contributed by atoms with Gasteiger partial charge < -0.3 is 20.7 Å². The predicted molar refractivity (Wildman–Crippen MR) is 165 cm³/mol. The summed E-state index contributed by atoms with van der Waals surface area (Å²) in [4.78, 5) is 39.6. The molecular weight excluding hydrogens is 534 g/mol. The van der Waals surface area contributed by atoms with Crippen molar-refractivity contribution in [2.75, 3.05) is 23.0 Å². The number of rotatable bonds is 11. The van der Waals surface area contributed by atoms with Gasteiger partial charge in [-0.05, 0) is 68.0 Å². The van der Waals surface area contributed by atoms with E-state index in [-0.39, 0.29) is 23.3 Å². The van der Waals surface area contributed by atoms with Gasteiger partial charge in [-0.3, -0.25) is 14.4 Å². The van der Waals surface area contributed by atoms with Gasteiger partial charge in [0.25, 0.3) is 11.8 Å². The number of benzene rings is 4. The third kappa shape index (κ3) is 8.84. The van der Waals surface area contributed by atoms with Gasteiger partial charge in [-0.25, -0.2) is 0 Å². The van der Waals surface area contributed by atoms with E-state index in [1.54, 1.807) is 54.6 Å². The van der Waals surface area contributed by atoms with E-state index in [1.165, 1.54) is 11.8 Å². The van der Waals surface area contributed by atoms with Crippen LogP contribution in [0, 0.1) is 6.92 Å². The molecule has 0 saturated heterocycles. The first-order valence-corrected chi connectivity index (χ1v) is 14.1. The number of amides is 3. The van der Waals surface area contributed by atoms with Gasteiger partial charge in [0, 0.05) is 16.1 Å². The topological polar surface area (TPSA) is 96.5 Å². The molecule has 0 fully saturated rings. The number of thioether (sulfide) groups is 1. The van der Waals surface area contributed by atoms with Crippen LogP contribution in [0.3, 0.4) is 0 Å². The summed E-state index contributed by atoms with van der Waals surface area (Å²) in [6.45, 7) is 4.36.